The number of nitrogens with one attached hydrogen (secondary N) is 1. The van der Waals surface area contributed by atoms with Crippen LogP contribution in [0, 0.1) is 23.7 Å². The molecule has 1 heterocycles. The number of amides is 3. The number of methoxy groups -OCH3 is 2. The summed E-state index contributed by atoms with van der Waals surface area (Å²) in [6.07, 6.45) is -0.813. The van der Waals surface area contributed by atoms with Crippen molar-refractivity contribution in [1.82, 2.24) is 20.0 Å². The Balaban J connectivity index is 2.27. The van der Waals surface area contributed by atoms with E-state index in [2.05, 4.69) is 5.32 Å². The lowest BCUT2D eigenvalue weighted by Gasteiger charge is -2.41. The maximum absolute atomic E-state index is 14.2. The van der Waals surface area contributed by atoms with Gasteiger partial charge in [-0.15, -0.1) is 0 Å². The summed E-state index contributed by atoms with van der Waals surface area (Å²) in [6.45, 7) is 13.8. The number of benzene rings is 1. The molecule has 0 radical (unpaired) electrons. The van der Waals surface area contributed by atoms with E-state index in [1.807, 2.05) is 66.6 Å². The van der Waals surface area contributed by atoms with Gasteiger partial charge in [0.2, 0.25) is 23.8 Å². The predicted molar refractivity (Wildman–Crippen MR) is 203 cm³/mol. The minimum atomic E-state index is -1.38. The van der Waals surface area contributed by atoms with Gasteiger partial charge >= 0.3 is 11.9 Å². The predicted octanol–water partition coefficient (Wildman–Crippen LogP) is 3.87. The molecule has 1 aliphatic heterocycles. The fourth-order valence-corrected chi connectivity index (χ4v) is 7.65. The van der Waals surface area contributed by atoms with Crippen molar-refractivity contribution in [1.29, 1.82) is 0 Å². The van der Waals surface area contributed by atoms with Crippen molar-refractivity contribution < 1.29 is 43.3 Å². The largest absolute Gasteiger partial charge is 0.478 e. The number of esters is 1. The number of likely N-dealkylation sites (tertiary alicyclic amines) is 1. The van der Waals surface area contributed by atoms with E-state index in [4.69, 9.17) is 14.2 Å². The van der Waals surface area contributed by atoms with Crippen molar-refractivity contribution in [3.05, 3.63) is 35.9 Å². The Hall–Kier alpha value is -3.55. The molecule has 2 rings (SSSR count). The summed E-state index contributed by atoms with van der Waals surface area (Å²) < 4.78 is 17.3. The lowest BCUT2D eigenvalue weighted by Crippen LogP contribution is -2.59. The molecule has 9 atom stereocenters. The minimum Gasteiger partial charge on any atom is -0.478 e. The third-order valence-electron chi connectivity index (χ3n) is 10.7. The van der Waals surface area contributed by atoms with Crippen LogP contribution in [-0.2, 0) is 44.6 Å². The molecule has 300 valence electrons. The highest BCUT2D eigenvalue weighted by molar-refractivity contribution is 5.90. The van der Waals surface area contributed by atoms with Gasteiger partial charge in [0, 0.05) is 34.2 Å². The fourth-order valence-electron chi connectivity index (χ4n) is 7.65. The number of aliphatic carboxylic acids is 1. The van der Waals surface area contributed by atoms with Crippen LogP contribution in [0.2, 0.25) is 0 Å². The summed E-state index contributed by atoms with van der Waals surface area (Å²) in [7, 11) is 8.39. The highest BCUT2D eigenvalue weighted by atomic mass is 16.6. The molecule has 3 amide bonds. The van der Waals surface area contributed by atoms with Crippen LogP contribution in [0.1, 0.15) is 79.7 Å². The Kier molecular flexibility index (Phi) is 18.4. The number of ether oxygens (including phenoxy) is 3. The standard InChI is InChI=1S/C40H66N4O9/c1-13-26(6)35(43(10)38(47)33(24(2)3)41-37(46)34(25(4)5)42(8)9)30(51-11)23-32(45)44-21-17-20-29(44)36(52-12)27(7)40(50)53-31(39(48)49)22-28-18-15-14-16-19-28/h14-16,18-19,24-27,29-31,33-36H,13,17,20-23H2,1-12H3,(H,41,46)(H,48,49). The van der Waals surface area contributed by atoms with Gasteiger partial charge in [0.1, 0.15) is 6.04 Å². The van der Waals surface area contributed by atoms with E-state index in [1.54, 1.807) is 48.0 Å². The van der Waals surface area contributed by atoms with Crippen LogP contribution in [0.3, 0.4) is 0 Å². The molecule has 0 spiro atoms. The van der Waals surface area contributed by atoms with Crippen LogP contribution in [0.4, 0.5) is 0 Å². The first kappa shape index (κ1) is 45.6. The highest BCUT2D eigenvalue weighted by Crippen LogP contribution is 2.30. The molecule has 0 aromatic heterocycles. The molecular weight excluding hydrogens is 680 g/mol. The molecule has 53 heavy (non-hydrogen) atoms. The molecule has 1 aromatic rings. The molecule has 1 aliphatic rings. The van der Waals surface area contributed by atoms with Crippen LogP contribution >= 0.6 is 0 Å². The van der Waals surface area contributed by atoms with Crippen molar-refractivity contribution in [3.8, 4) is 0 Å². The summed E-state index contributed by atoms with van der Waals surface area (Å²) in [5, 5.41) is 12.8. The molecule has 13 heteroatoms. The van der Waals surface area contributed by atoms with Gasteiger partial charge in [-0.1, -0.05) is 78.3 Å². The SMILES string of the molecule is CCC(C)C(C(CC(=O)N1CCCC1C(OC)C(C)C(=O)OC(Cc1ccccc1)C(=O)O)OC)N(C)C(=O)C(NC(=O)C(C(C)C)N(C)C)C(C)C. The van der Waals surface area contributed by atoms with Crippen LogP contribution in [0.5, 0.6) is 0 Å². The number of likely N-dealkylation sites (N-methyl/N-ethyl adjacent to an activating group) is 2. The zero-order valence-electron chi connectivity index (χ0n) is 34.0. The van der Waals surface area contributed by atoms with E-state index in [9.17, 15) is 29.1 Å². The number of carbonyl (C=O) groups excluding carboxylic acids is 4. The molecule has 13 nitrogen and oxygen atoms in total. The molecule has 9 unspecified atom stereocenters. The summed E-state index contributed by atoms with van der Waals surface area (Å²) in [5.41, 5.74) is 0.723. The van der Waals surface area contributed by atoms with Crippen molar-refractivity contribution in [2.75, 3.05) is 41.9 Å². The average molecular weight is 747 g/mol. The Morgan fingerprint density at radius 3 is 2.06 bits per heavy atom. The van der Waals surface area contributed by atoms with E-state index >= 15 is 0 Å². The normalized spacial score (nSPS) is 19.2. The molecule has 1 fully saturated rings. The van der Waals surface area contributed by atoms with E-state index in [-0.39, 0.29) is 48.3 Å². The van der Waals surface area contributed by atoms with Gasteiger partial charge in [0.15, 0.2) is 0 Å². The quantitative estimate of drug-likeness (QED) is 0.177. The zero-order chi connectivity index (χ0) is 40.2. The first-order chi connectivity index (χ1) is 24.9. The number of hydrogen-bond acceptors (Lipinski definition) is 9. The summed E-state index contributed by atoms with van der Waals surface area (Å²) in [5.74, 6) is -3.73. The number of rotatable bonds is 21. The monoisotopic (exact) mass is 746 g/mol. The van der Waals surface area contributed by atoms with Gasteiger partial charge in [-0.3, -0.25) is 24.1 Å². The third kappa shape index (κ3) is 12.2. The summed E-state index contributed by atoms with van der Waals surface area (Å²) >= 11 is 0. The van der Waals surface area contributed by atoms with Gasteiger partial charge in [-0.2, -0.15) is 0 Å². The van der Waals surface area contributed by atoms with Crippen molar-refractivity contribution in [2.24, 2.45) is 23.7 Å². The van der Waals surface area contributed by atoms with Gasteiger partial charge in [-0.05, 0) is 57.2 Å². The Morgan fingerprint density at radius 1 is 0.943 bits per heavy atom. The van der Waals surface area contributed by atoms with Crippen LogP contribution < -0.4 is 5.32 Å². The second-order valence-corrected chi connectivity index (χ2v) is 15.4. The summed E-state index contributed by atoms with van der Waals surface area (Å²) in [4.78, 5) is 72.3. The average Bonchev–Trinajstić information content (AvgIpc) is 3.59. The molecule has 1 aromatic carbocycles. The second-order valence-electron chi connectivity index (χ2n) is 15.4. The number of carboxylic acids is 1. The smallest absolute Gasteiger partial charge is 0.345 e. The first-order valence-corrected chi connectivity index (χ1v) is 19.0. The van der Waals surface area contributed by atoms with Gasteiger partial charge in [-0.25, -0.2) is 4.79 Å². The number of carbonyl (C=O) groups is 5. The Labute approximate surface area is 317 Å². The van der Waals surface area contributed by atoms with Gasteiger partial charge in [0.05, 0.1) is 42.7 Å². The topological polar surface area (TPSA) is 155 Å². The van der Waals surface area contributed by atoms with Gasteiger partial charge < -0.3 is 34.4 Å². The Morgan fingerprint density at radius 2 is 1.57 bits per heavy atom. The minimum absolute atomic E-state index is 0.0197. The zero-order valence-corrected chi connectivity index (χ0v) is 34.0. The molecule has 0 bridgehead atoms. The maximum atomic E-state index is 14.2. The highest BCUT2D eigenvalue weighted by Gasteiger charge is 2.44. The second kappa shape index (κ2) is 21.4. The number of carboxylic acid groups (broad SMARTS) is 1. The number of hydrogen-bond donors (Lipinski definition) is 2. The lowest BCUT2D eigenvalue weighted by molar-refractivity contribution is -0.171. The van der Waals surface area contributed by atoms with Crippen LogP contribution in [0.25, 0.3) is 0 Å². The van der Waals surface area contributed by atoms with E-state index in [1.165, 1.54) is 14.2 Å². The van der Waals surface area contributed by atoms with E-state index in [0.29, 0.717) is 25.8 Å². The van der Waals surface area contributed by atoms with E-state index < -0.39 is 60.3 Å². The van der Waals surface area contributed by atoms with Crippen molar-refractivity contribution in [2.45, 2.75) is 123 Å². The van der Waals surface area contributed by atoms with Crippen LogP contribution in [0.15, 0.2) is 30.3 Å². The van der Waals surface area contributed by atoms with E-state index in [0.717, 1.165) is 5.56 Å². The van der Waals surface area contributed by atoms with Crippen LogP contribution in [-0.4, -0.2) is 134 Å². The fraction of sp³-hybridized carbons (Fsp3) is 0.725. The lowest BCUT2D eigenvalue weighted by atomic mass is 9.89. The molecular formula is C40H66N4O9. The van der Waals surface area contributed by atoms with Crippen molar-refractivity contribution in [3.63, 3.8) is 0 Å². The third-order valence-corrected chi connectivity index (χ3v) is 10.7. The maximum Gasteiger partial charge on any atom is 0.345 e. The summed E-state index contributed by atoms with van der Waals surface area (Å²) in [6, 6.07) is 6.80. The van der Waals surface area contributed by atoms with Crippen molar-refractivity contribution >= 4 is 29.7 Å². The first-order valence-electron chi connectivity index (χ1n) is 19.0. The molecule has 2 N–H and O–H groups in total. The molecule has 0 aliphatic carbocycles. The van der Waals surface area contributed by atoms with Gasteiger partial charge in [0.25, 0.3) is 0 Å². The number of nitrogens with zero attached hydrogens (tertiary/aromatic N) is 3. The molecule has 1 saturated heterocycles. The Bertz CT molecular complexity index is 1330. The molecule has 0 saturated carbocycles.